The van der Waals surface area contributed by atoms with Crippen molar-refractivity contribution in [3.8, 4) is 5.75 Å². The molecule has 6 nitrogen and oxygen atoms in total. The number of aliphatic carboxylic acids is 1. The van der Waals surface area contributed by atoms with E-state index in [9.17, 15) is 9.59 Å². The van der Waals surface area contributed by atoms with Crippen LogP contribution in [0.5, 0.6) is 5.75 Å². The first-order valence-electron chi connectivity index (χ1n) is 6.33. The predicted molar refractivity (Wildman–Crippen MR) is 76.0 cm³/mol. The second-order valence-electron chi connectivity index (χ2n) is 4.62. The zero-order valence-corrected chi connectivity index (χ0v) is 11.9. The largest absolute Gasteiger partial charge is 0.497 e. The van der Waals surface area contributed by atoms with Gasteiger partial charge in [0, 0.05) is 5.69 Å². The Bertz CT molecular complexity index is 473. The van der Waals surface area contributed by atoms with E-state index in [1.807, 2.05) is 0 Å². The predicted octanol–water partition coefficient (Wildman–Crippen LogP) is 1.48. The Labute approximate surface area is 118 Å². The molecule has 1 rings (SSSR count). The summed E-state index contributed by atoms with van der Waals surface area (Å²) in [7, 11) is 1.56. The summed E-state index contributed by atoms with van der Waals surface area (Å²) in [5.41, 5.74) is -0.469. The Morgan fingerprint density at radius 3 is 2.35 bits per heavy atom. The number of carboxylic acid groups (broad SMARTS) is 1. The maximum absolute atomic E-state index is 11.8. The average Bonchev–Trinajstić information content (AvgIpc) is 2.45. The van der Waals surface area contributed by atoms with Crippen molar-refractivity contribution in [3.63, 3.8) is 0 Å². The normalized spacial score (nSPS) is 13.3. The summed E-state index contributed by atoms with van der Waals surface area (Å²) >= 11 is 0. The van der Waals surface area contributed by atoms with E-state index in [2.05, 4.69) is 10.6 Å². The molecule has 0 heterocycles. The van der Waals surface area contributed by atoms with Crippen molar-refractivity contribution in [2.45, 2.75) is 25.8 Å². The number of benzene rings is 1. The lowest BCUT2D eigenvalue weighted by atomic mass is 9.99. The number of hydrogen-bond donors (Lipinski definition) is 3. The summed E-state index contributed by atoms with van der Waals surface area (Å²) in [5, 5.41) is 14.5. The Kier molecular flexibility index (Phi) is 5.52. The Morgan fingerprint density at radius 1 is 1.30 bits per heavy atom. The Morgan fingerprint density at radius 2 is 1.90 bits per heavy atom. The highest BCUT2D eigenvalue weighted by Gasteiger charge is 2.30. The molecule has 1 aromatic carbocycles. The molecule has 0 aliphatic carbocycles. The monoisotopic (exact) mass is 280 g/mol. The summed E-state index contributed by atoms with van der Waals surface area (Å²) in [4.78, 5) is 22.8. The quantitative estimate of drug-likeness (QED) is 0.704. The molecule has 0 aliphatic rings. The van der Waals surface area contributed by atoms with Gasteiger partial charge >= 0.3 is 5.97 Å². The standard InChI is InChI=1S/C14H20N2O4/c1-4-14(2,13(18)19)15-9-12(17)16-10-5-7-11(20-3)8-6-10/h5-8,15H,4,9H2,1-3H3,(H,16,17)(H,18,19). The van der Waals surface area contributed by atoms with Crippen LogP contribution in [0.15, 0.2) is 24.3 Å². The fraction of sp³-hybridized carbons (Fsp3) is 0.429. The molecule has 3 N–H and O–H groups in total. The minimum absolute atomic E-state index is 0.0668. The molecule has 6 heteroatoms. The summed E-state index contributed by atoms with van der Waals surface area (Å²) in [6.07, 6.45) is 0.387. The summed E-state index contributed by atoms with van der Waals surface area (Å²) in [5.74, 6) is -0.570. The van der Waals surface area contributed by atoms with Gasteiger partial charge in [0.25, 0.3) is 0 Å². The first-order valence-corrected chi connectivity index (χ1v) is 6.33. The van der Waals surface area contributed by atoms with Crippen LogP contribution in [-0.4, -0.2) is 36.2 Å². The van der Waals surface area contributed by atoms with Crippen molar-refractivity contribution in [1.82, 2.24) is 5.32 Å². The van der Waals surface area contributed by atoms with Crippen LogP contribution in [0.25, 0.3) is 0 Å². The summed E-state index contributed by atoms with van der Waals surface area (Å²) in [6.45, 7) is 3.24. The fourth-order valence-corrected chi connectivity index (χ4v) is 1.51. The van der Waals surface area contributed by atoms with Crippen molar-refractivity contribution in [3.05, 3.63) is 24.3 Å². The van der Waals surface area contributed by atoms with Crippen LogP contribution in [0.2, 0.25) is 0 Å². The van der Waals surface area contributed by atoms with Crippen LogP contribution in [0.4, 0.5) is 5.69 Å². The van der Waals surface area contributed by atoms with Gasteiger partial charge in [0.15, 0.2) is 0 Å². The number of hydrogen-bond acceptors (Lipinski definition) is 4. The molecule has 1 unspecified atom stereocenters. The number of methoxy groups -OCH3 is 1. The van der Waals surface area contributed by atoms with Gasteiger partial charge in [-0.15, -0.1) is 0 Å². The lowest BCUT2D eigenvalue weighted by Crippen LogP contribution is -2.51. The third kappa shape index (κ3) is 4.24. The molecule has 0 radical (unpaired) electrons. The van der Waals surface area contributed by atoms with Crippen LogP contribution in [-0.2, 0) is 9.59 Å². The van der Waals surface area contributed by atoms with Crippen LogP contribution in [0.1, 0.15) is 20.3 Å². The fourth-order valence-electron chi connectivity index (χ4n) is 1.51. The maximum atomic E-state index is 11.8. The van der Waals surface area contributed by atoms with Crippen molar-refractivity contribution in [1.29, 1.82) is 0 Å². The molecule has 0 aromatic heterocycles. The topological polar surface area (TPSA) is 87.7 Å². The van der Waals surface area contributed by atoms with Crippen molar-refractivity contribution in [2.24, 2.45) is 0 Å². The van der Waals surface area contributed by atoms with E-state index >= 15 is 0 Å². The van der Waals surface area contributed by atoms with E-state index in [1.54, 1.807) is 45.2 Å². The van der Waals surface area contributed by atoms with Crippen molar-refractivity contribution >= 4 is 17.6 Å². The van der Waals surface area contributed by atoms with E-state index in [0.29, 0.717) is 17.9 Å². The van der Waals surface area contributed by atoms with Gasteiger partial charge in [0.1, 0.15) is 11.3 Å². The lowest BCUT2D eigenvalue weighted by Gasteiger charge is -2.24. The molecule has 0 saturated carbocycles. The Balaban J connectivity index is 2.53. The van der Waals surface area contributed by atoms with Crippen molar-refractivity contribution < 1.29 is 19.4 Å². The Hall–Kier alpha value is -2.08. The summed E-state index contributed by atoms with van der Waals surface area (Å²) in [6, 6.07) is 6.90. The molecular formula is C14H20N2O4. The minimum Gasteiger partial charge on any atom is -0.497 e. The van der Waals surface area contributed by atoms with E-state index < -0.39 is 11.5 Å². The molecule has 1 amide bonds. The first kappa shape index (κ1) is 16.0. The molecule has 0 fully saturated rings. The zero-order chi connectivity index (χ0) is 15.2. The number of nitrogens with one attached hydrogen (secondary N) is 2. The minimum atomic E-state index is -1.10. The molecule has 110 valence electrons. The number of carbonyl (C=O) groups excluding carboxylic acids is 1. The lowest BCUT2D eigenvalue weighted by molar-refractivity contribution is -0.144. The van der Waals surface area contributed by atoms with Crippen LogP contribution in [0, 0.1) is 0 Å². The van der Waals surface area contributed by atoms with Gasteiger partial charge in [-0.05, 0) is 37.6 Å². The molecule has 0 aliphatic heterocycles. The van der Waals surface area contributed by atoms with Crippen LogP contribution in [0.3, 0.4) is 0 Å². The first-order chi connectivity index (χ1) is 9.41. The molecule has 0 saturated heterocycles. The van der Waals surface area contributed by atoms with Gasteiger partial charge in [0.2, 0.25) is 5.91 Å². The number of rotatable bonds is 7. The smallest absolute Gasteiger partial charge is 0.323 e. The van der Waals surface area contributed by atoms with E-state index in [0.717, 1.165) is 0 Å². The number of amides is 1. The van der Waals surface area contributed by atoms with E-state index in [-0.39, 0.29) is 12.5 Å². The van der Waals surface area contributed by atoms with Crippen molar-refractivity contribution in [2.75, 3.05) is 19.0 Å². The van der Waals surface area contributed by atoms with Crippen LogP contribution < -0.4 is 15.4 Å². The molecule has 0 spiro atoms. The molecule has 20 heavy (non-hydrogen) atoms. The molecule has 1 atom stereocenters. The van der Waals surface area contributed by atoms with E-state index in [4.69, 9.17) is 9.84 Å². The average molecular weight is 280 g/mol. The maximum Gasteiger partial charge on any atom is 0.323 e. The van der Waals surface area contributed by atoms with Gasteiger partial charge in [0.05, 0.1) is 13.7 Å². The van der Waals surface area contributed by atoms with Gasteiger partial charge in [-0.1, -0.05) is 6.92 Å². The second kappa shape index (κ2) is 6.91. The highest BCUT2D eigenvalue weighted by atomic mass is 16.5. The van der Waals surface area contributed by atoms with Gasteiger partial charge in [-0.3, -0.25) is 14.9 Å². The SMILES string of the molecule is CCC(C)(NCC(=O)Nc1ccc(OC)cc1)C(=O)O. The molecule has 0 bridgehead atoms. The third-order valence-corrected chi connectivity index (χ3v) is 3.19. The highest BCUT2D eigenvalue weighted by molar-refractivity contribution is 5.92. The molecular weight excluding hydrogens is 260 g/mol. The highest BCUT2D eigenvalue weighted by Crippen LogP contribution is 2.15. The van der Waals surface area contributed by atoms with E-state index in [1.165, 1.54) is 0 Å². The summed E-state index contributed by atoms with van der Waals surface area (Å²) < 4.78 is 5.02. The van der Waals surface area contributed by atoms with Crippen LogP contribution >= 0.6 is 0 Å². The zero-order valence-electron chi connectivity index (χ0n) is 11.9. The van der Waals surface area contributed by atoms with Gasteiger partial charge < -0.3 is 15.2 Å². The second-order valence-corrected chi connectivity index (χ2v) is 4.62. The number of anilines is 1. The third-order valence-electron chi connectivity index (χ3n) is 3.19. The van der Waals surface area contributed by atoms with Gasteiger partial charge in [-0.2, -0.15) is 0 Å². The number of carbonyl (C=O) groups is 2. The van der Waals surface area contributed by atoms with Gasteiger partial charge in [-0.25, -0.2) is 0 Å². The number of carboxylic acids is 1. The number of ether oxygens (including phenoxy) is 1. The molecule has 1 aromatic rings.